The van der Waals surface area contributed by atoms with Gasteiger partial charge in [0.2, 0.25) is 5.91 Å². The molecule has 31 heavy (non-hydrogen) atoms. The zero-order valence-corrected chi connectivity index (χ0v) is 17.0. The average Bonchev–Trinajstić information content (AvgIpc) is 2.74. The molecular weight excluding hydrogens is 396 g/mol. The number of amides is 1. The van der Waals surface area contributed by atoms with Crippen molar-refractivity contribution in [2.24, 2.45) is 4.99 Å². The molecule has 1 N–H and O–H groups in total. The molecule has 0 aromatic heterocycles. The van der Waals surface area contributed by atoms with Gasteiger partial charge < -0.3 is 14.8 Å². The fraction of sp³-hybridized carbons (Fsp3) is 0.0833. The monoisotopic (exact) mass is 416 g/mol. The lowest BCUT2D eigenvalue weighted by molar-refractivity contribution is -0.131. The molecule has 0 atom stereocenters. The minimum Gasteiger partial charge on any atom is -0.426 e. The van der Waals surface area contributed by atoms with E-state index in [-0.39, 0.29) is 17.2 Å². The van der Waals surface area contributed by atoms with Crippen molar-refractivity contribution >= 4 is 35.4 Å². The molecule has 0 bridgehead atoms. The number of rotatable bonds is 6. The fourth-order valence-electron chi connectivity index (χ4n) is 2.65. The van der Waals surface area contributed by atoms with E-state index in [1.54, 1.807) is 66.9 Å². The van der Waals surface area contributed by atoms with E-state index in [9.17, 15) is 14.4 Å². The van der Waals surface area contributed by atoms with Gasteiger partial charge in [-0.2, -0.15) is 0 Å². The Labute approximate surface area is 179 Å². The number of para-hydroxylation sites is 1. The van der Waals surface area contributed by atoms with Crippen molar-refractivity contribution in [3.05, 3.63) is 83.9 Å². The maximum atomic E-state index is 12.4. The number of hydrogen-bond donors (Lipinski definition) is 1. The Bertz CT molecular complexity index is 1120. The van der Waals surface area contributed by atoms with Gasteiger partial charge in [-0.05, 0) is 66.2 Å². The van der Waals surface area contributed by atoms with Crippen LogP contribution in [0.15, 0.2) is 77.8 Å². The van der Waals surface area contributed by atoms with E-state index in [0.29, 0.717) is 11.4 Å². The van der Waals surface area contributed by atoms with Crippen LogP contribution in [0.1, 0.15) is 29.8 Å². The maximum Gasteiger partial charge on any atom is 0.347 e. The SMILES string of the molecule is CC(=O)Nc1ccc(N=Cc2ccc(OC(=O)c3ccccc3OC(C)=O)cc2)cc1. The van der Waals surface area contributed by atoms with Crippen molar-refractivity contribution in [3.63, 3.8) is 0 Å². The summed E-state index contributed by atoms with van der Waals surface area (Å²) in [5, 5.41) is 2.70. The highest BCUT2D eigenvalue weighted by molar-refractivity contribution is 5.95. The van der Waals surface area contributed by atoms with Crippen LogP contribution in [0.4, 0.5) is 11.4 Å². The second-order valence-corrected chi connectivity index (χ2v) is 6.53. The summed E-state index contributed by atoms with van der Waals surface area (Å²) < 4.78 is 10.4. The molecule has 3 rings (SSSR count). The predicted molar refractivity (Wildman–Crippen MR) is 117 cm³/mol. The van der Waals surface area contributed by atoms with Crippen molar-refractivity contribution in [2.45, 2.75) is 13.8 Å². The van der Waals surface area contributed by atoms with Crippen LogP contribution >= 0.6 is 0 Å². The number of nitrogens with zero attached hydrogens (tertiary/aromatic N) is 1. The van der Waals surface area contributed by atoms with Crippen molar-refractivity contribution in [3.8, 4) is 11.5 Å². The molecule has 0 fully saturated rings. The summed E-state index contributed by atoms with van der Waals surface area (Å²) in [7, 11) is 0. The third-order valence-corrected chi connectivity index (χ3v) is 4.00. The van der Waals surface area contributed by atoms with E-state index >= 15 is 0 Å². The van der Waals surface area contributed by atoms with Crippen LogP contribution < -0.4 is 14.8 Å². The molecule has 0 saturated carbocycles. The highest BCUT2D eigenvalue weighted by atomic mass is 16.5. The van der Waals surface area contributed by atoms with E-state index in [1.807, 2.05) is 0 Å². The average molecular weight is 416 g/mol. The molecule has 0 aliphatic rings. The van der Waals surface area contributed by atoms with Gasteiger partial charge in [0, 0.05) is 25.7 Å². The molecule has 156 valence electrons. The van der Waals surface area contributed by atoms with Crippen LogP contribution in [0.2, 0.25) is 0 Å². The Balaban J connectivity index is 1.64. The summed E-state index contributed by atoms with van der Waals surface area (Å²) in [5.74, 6) is -0.786. The molecule has 0 unspecified atom stereocenters. The quantitative estimate of drug-likeness (QED) is 0.362. The van der Waals surface area contributed by atoms with Crippen LogP contribution in [-0.4, -0.2) is 24.1 Å². The zero-order valence-electron chi connectivity index (χ0n) is 17.0. The molecule has 3 aromatic carbocycles. The van der Waals surface area contributed by atoms with Crippen molar-refractivity contribution in [1.82, 2.24) is 0 Å². The van der Waals surface area contributed by atoms with Gasteiger partial charge in [0.05, 0.1) is 5.69 Å². The predicted octanol–water partition coefficient (Wildman–Crippen LogP) is 4.54. The second kappa shape index (κ2) is 9.98. The Kier molecular flexibility index (Phi) is 6.90. The Hall–Kier alpha value is -4.26. The molecule has 0 saturated heterocycles. The van der Waals surface area contributed by atoms with Crippen LogP contribution in [0.3, 0.4) is 0 Å². The first-order valence-electron chi connectivity index (χ1n) is 9.42. The molecule has 7 heteroatoms. The lowest BCUT2D eigenvalue weighted by atomic mass is 10.2. The number of ether oxygens (including phenoxy) is 2. The third-order valence-electron chi connectivity index (χ3n) is 4.00. The standard InChI is InChI=1S/C24H20N2O5/c1-16(27)26-20-11-9-19(10-12-20)25-15-18-7-13-21(14-8-18)31-24(29)22-5-3-4-6-23(22)30-17(2)28/h3-15H,1-2H3,(H,26,27). The summed E-state index contributed by atoms with van der Waals surface area (Å²) in [5.41, 5.74) is 2.40. The minimum atomic E-state index is -0.627. The molecule has 0 aliphatic carbocycles. The van der Waals surface area contributed by atoms with Crippen molar-refractivity contribution in [2.75, 3.05) is 5.32 Å². The molecule has 1 amide bonds. The number of benzene rings is 3. The van der Waals surface area contributed by atoms with Crippen LogP contribution in [-0.2, 0) is 9.59 Å². The lowest BCUT2D eigenvalue weighted by Gasteiger charge is -2.08. The van der Waals surface area contributed by atoms with E-state index in [0.717, 1.165) is 11.3 Å². The number of nitrogens with one attached hydrogen (secondary N) is 1. The first-order valence-corrected chi connectivity index (χ1v) is 9.42. The number of anilines is 1. The van der Waals surface area contributed by atoms with Crippen molar-refractivity contribution in [1.29, 1.82) is 0 Å². The van der Waals surface area contributed by atoms with Gasteiger partial charge in [0.15, 0.2) is 0 Å². The fourth-order valence-corrected chi connectivity index (χ4v) is 2.65. The minimum absolute atomic E-state index is 0.132. The first-order chi connectivity index (χ1) is 14.9. The summed E-state index contributed by atoms with van der Waals surface area (Å²) in [6, 6.07) is 20.3. The second-order valence-electron chi connectivity index (χ2n) is 6.53. The summed E-state index contributed by atoms with van der Waals surface area (Å²) in [6.07, 6.45) is 1.68. The Morgan fingerprint density at radius 3 is 2.16 bits per heavy atom. The smallest absolute Gasteiger partial charge is 0.347 e. The summed E-state index contributed by atoms with van der Waals surface area (Å²) in [4.78, 5) is 39.1. The highest BCUT2D eigenvalue weighted by Gasteiger charge is 2.15. The van der Waals surface area contributed by atoms with E-state index in [4.69, 9.17) is 9.47 Å². The maximum absolute atomic E-state index is 12.4. The van der Waals surface area contributed by atoms with Gasteiger partial charge in [0.25, 0.3) is 0 Å². The summed E-state index contributed by atoms with van der Waals surface area (Å²) in [6.45, 7) is 2.71. The van der Waals surface area contributed by atoms with Crippen LogP contribution in [0.25, 0.3) is 0 Å². The molecule has 0 heterocycles. The zero-order chi connectivity index (χ0) is 22.2. The van der Waals surface area contributed by atoms with E-state index in [1.165, 1.54) is 26.0 Å². The molecule has 7 nitrogen and oxygen atoms in total. The Morgan fingerprint density at radius 1 is 0.839 bits per heavy atom. The van der Waals surface area contributed by atoms with E-state index < -0.39 is 11.9 Å². The van der Waals surface area contributed by atoms with Crippen LogP contribution in [0, 0.1) is 0 Å². The molecule has 0 aliphatic heterocycles. The van der Waals surface area contributed by atoms with Gasteiger partial charge in [-0.15, -0.1) is 0 Å². The van der Waals surface area contributed by atoms with Gasteiger partial charge in [-0.1, -0.05) is 12.1 Å². The Morgan fingerprint density at radius 2 is 1.52 bits per heavy atom. The third kappa shape index (κ3) is 6.37. The molecule has 0 radical (unpaired) electrons. The van der Waals surface area contributed by atoms with Gasteiger partial charge in [-0.25, -0.2) is 4.79 Å². The molecular formula is C24H20N2O5. The number of carbonyl (C=O) groups excluding carboxylic acids is 3. The number of aliphatic imine (C=N–C) groups is 1. The van der Waals surface area contributed by atoms with Crippen LogP contribution in [0.5, 0.6) is 11.5 Å². The summed E-state index contributed by atoms with van der Waals surface area (Å²) >= 11 is 0. The largest absolute Gasteiger partial charge is 0.426 e. The number of esters is 2. The van der Waals surface area contributed by atoms with Gasteiger partial charge >= 0.3 is 11.9 Å². The highest BCUT2D eigenvalue weighted by Crippen LogP contribution is 2.22. The molecule has 3 aromatic rings. The normalized spacial score (nSPS) is 10.5. The van der Waals surface area contributed by atoms with Gasteiger partial charge in [0.1, 0.15) is 17.1 Å². The number of hydrogen-bond acceptors (Lipinski definition) is 6. The van der Waals surface area contributed by atoms with E-state index in [2.05, 4.69) is 10.3 Å². The first kappa shape index (κ1) is 21.4. The lowest BCUT2D eigenvalue weighted by Crippen LogP contribution is -2.12. The number of carbonyl (C=O) groups is 3. The topological polar surface area (TPSA) is 94.1 Å². The van der Waals surface area contributed by atoms with Gasteiger partial charge in [-0.3, -0.25) is 14.6 Å². The van der Waals surface area contributed by atoms with Crippen molar-refractivity contribution < 1.29 is 23.9 Å². The molecule has 0 spiro atoms.